The number of allylic oxidation sites excluding steroid dienone is 4. The van der Waals surface area contributed by atoms with Crippen LogP contribution in [0.5, 0.6) is 0 Å². The van der Waals surface area contributed by atoms with Crippen LogP contribution in [0.15, 0.2) is 121 Å². The minimum atomic E-state index is 0.423. The van der Waals surface area contributed by atoms with Gasteiger partial charge in [-0.1, -0.05) is 80.1 Å². The molecule has 0 saturated heterocycles. The lowest BCUT2D eigenvalue weighted by molar-refractivity contribution is 0.843. The second-order valence-electron chi connectivity index (χ2n) is 9.42. The molecule has 2 nitrogen and oxygen atoms in total. The number of nitrogens with one attached hydrogen (secondary N) is 1. The number of hydrogen-bond acceptors (Lipinski definition) is 2. The van der Waals surface area contributed by atoms with Crippen LogP contribution in [0.1, 0.15) is 42.4 Å². The van der Waals surface area contributed by atoms with Gasteiger partial charge in [0.25, 0.3) is 0 Å². The third-order valence-electron chi connectivity index (χ3n) is 7.10. The molecule has 1 aliphatic carbocycles. The molecule has 4 aromatic carbocycles. The van der Waals surface area contributed by atoms with Gasteiger partial charge in [0.1, 0.15) is 0 Å². The van der Waals surface area contributed by atoms with Gasteiger partial charge in [0.15, 0.2) is 0 Å². The molecule has 172 valence electrons. The molecular weight excluding hydrogens is 424 g/mol. The number of benzene rings is 4. The Kier molecular flexibility index (Phi) is 5.71. The first-order valence-corrected chi connectivity index (χ1v) is 12.6. The molecule has 0 radical (unpaired) electrons. The first-order valence-electron chi connectivity index (χ1n) is 12.6. The zero-order valence-electron chi connectivity index (χ0n) is 20.1. The van der Waals surface area contributed by atoms with E-state index in [1.165, 1.54) is 40.1 Å². The van der Waals surface area contributed by atoms with Crippen molar-refractivity contribution in [3.05, 3.63) is 138 Å². The van der Waals surface area contributed by atoms with E-state index in [9.17, 15) is 0 Å². The molecular formula is C33H30N2. The fraction of sp³-hybridized carbons (Fsp3) is 0.152. The van der Waals surface area contributed by atoms with Crippen molar-refractivity contribution in [1.82, 2.24) is 0 Å². The Hall–Kier alpha value is -4.04. The fourth-order valence-corrected chi connectivity index (χ4v) is 5.36. The van der Waals surface area contributed by atoms with Crippen LogP contribution in [-0.4, -0.2) is 0 Å². The Balaban J connectivity index is 1.29. The summed E-state index contributed by atoms with van der Waals surface area (Å²) in [5.74, 6) is 0.423. The van der Waals surface area contributed by atoms with E-state index in [4.69, 9.17) is 0 Å². The van der Waals surface area contributed by atoms with Crippen LogP contribution in [-0.2, 0) is 6.42 Å². The monoisotopic (exact) mass is 454 g/mol. The first-order chi connectivity index (χ1) is 17.3. The van der Waals surface area contributed by atoms with Gasteiger partial charge >= 0.3 is 0 Å². The number of nitrogens with zero attached hydrogens (tertiary/aromatic N) is 1. The lowest BCUT2D eigenvalue weighted by Gasteiger charge is -2.26. The van der Waals surface area contributed by atoms with E-state index in [1.54, 1.807) is 0 Å². The highest BCUT2D eigenvalue weighted by atomic mass is 15.1. The van der Waals surface area contributed by atoms with Crippen molar-refractivity contribution in [2.45, 2.75) is 32.1 Å². The molecule has 0 aromatic heterocycles. The zero-order valence-corrected chi connectivity index (χ0v) is 20.1. The summed E-state index contributed by atoms with van der Waals surface area (Å²) >= 11 is 0. The minimum Gasteiger partial charge on any atom is -0.358 e. The topological polar surface area (TPSA) is 15.3 Å². The van der Waals surface area contributed by atoms with Crippen molar-refractivity contribution in [2.24, 2.45) is 0 Å². The fourth-order valence-electron chi connectivity index (χ4n) is 5.36. The number of aryl methyl sites for hydroxylation is 1. The third kappa shape index (κ3) is 4.17. The van der Waals surface area contributed by atoms with Gasteiger partial charge in [-0.15, -0.1) is 0 Å². The molecule has 1 aliphatic heterocycles. The summed E-state index contributed by atoms with van der Waals surface area (Å²) < 4.78 is 0. The van der Waals surface area contributed by atoms with Crippen LogP contribution in [0.3, 0.4) is 0 Å². The molecule has 0 saturated carbocycles. The van der Waals surface area contributed by atoms with Crippen LogP contribution >= 0.6 is 0 Å². The summed E-state index contributed by atoms with van der Waals surface area (Å²) in [6, 6.07) is 37.1. The van der Waals surface area contributed by atoms with Crippen LogP contribution in [0.2, 0.25) is 0 Å². The minimum absolute atomic E-state index is 0.423. The molecule has 1 heterocycles. The molecule has 1 N–H and O–H groups in total. The molecule has 35 heavy (non-hydrogen) atoms. The van der Waals surface area contributed by atoms with Gasteiger partial charge in [0.2, 0.25) is 0 Å². The molecule has 4 aromatic rings. The van der Waals surface area contributed by atoms with Gasteiger partial charge in [0.05, 0.1) is 0 Å². The van der Waals surface area contributed by atoms with Crippen LogP contribution < -0.4 is 10.2 Å². The van der Waals surface area contributed by atoms with Crippen molar-refractivity contribution in [2.75, 3.05) is 10.2 Å². The average Bonchev–Trinajstić information content (AvgIpc) is 3.28. The molecule has 1 unspecified atom stereocenters. The molecule has 0 spiro atoms. The standard InChI is InChI=1S/C33H30N2/c1-2-9-24-14-20-32-30(22-24)31-23-26(17-21-33(31)34-32)25-15-18-29(19-16-25)35(27-10-5-3-6-11-27)28-12-7-4-8-13-28/h3-8,10-22,31,34H,2,9,23H2,1H3. The van der Waals surface area contributed by atoms with Crippen molar-refractivity contribution in [3.63, 3.8) is 0 Å². The van der Waals surface area contributed by atoms with Gasteiger partial charge in [-0.2, -0.15) is 0 Å². The highest BCUT2D eigenvalue weighted by Crippen LogP contribution is 2.46. The van der Waals surface area contributed by atoms with E-state index in [0.29, 0.717) is 5.92 Å². The second kappa shape index (κ2) is 9.31. The number of para-hydroxylation sites is 2. The van der Waals surface area contributed by atoms with E-state index < -0.39 is 0 Å². The maximum Gasteiger partial charge on any atom is 0.0462 e. The predicted octanol–water partition coefficient (Wildman–Crippen LogP) is 8.99. The largest absolute Gasteiger partial charge is 0.358 e. The summed E-state index contributed by atoms with van der Waals surface area (Å²) in [6.45, 7) is 2.25. The number of anilines is 4. The van der Waals surface area contributed by atoms with E-state index >= 15 is 0 Å². The lowest BCUT2D eigenvalue weighted by atomic mass is 9.84. The summed E-state index contributed by atoms with van der Waals surface area (Å²) in [4.78, 5) is 2.31. The van der Waals surface area contributed by atoms with Crippen molar-refractivity contribution < 1.29 is 0 Å². The Morgan fingerprint density at radius 3 is 2.06 bits per heavy atom. The average molecular weight is 455 g/mol. The number of rotatable bonds is 6. The molecule has 2 heteroatoms. The Morgan fingerprint density at radius 1 is 0.743 bits per heavy atom. The van der Waals surface area contributed by atoms with Gasteiger partial charge < -0.3 is 10.2 Å². The molecule has 0 bridgehead atoms. The second-order valence-corrected chi connectivity index (χ2v) is 9.42. The number of hydrogen-bond donors (Lipinski definition) is 1. The molecule has 0 fully saturated rings. The van der Waals surface area contributed by atoms with Crippen molar-refractivity contribution in [1.29, 1.82) is 0 Å². The summed E-state index contributed by atoms with van der Waals surface area (Å²) in [5.41, 5.74) is 11.7. The quantitative estimate of drug-likeness (QED) is 0.313. The van der Waals surface area contributed by atoms with Gasteiger partial charge in [0, 0.05) is 34.4 Å². The Morgan fingerprint density at radius 2 is 1.40 bits per heavy atom. The predicted molar refractivity (Wildman–Crippen MR) is 149 cm³/mol. The highest BCUT2D eigenvalue weighted by Gasteiger charge is 2.30. The summed E-state index contributed by atoms with van der Waals surface area (Å²) in [7, 11) is 0. The van der Waals surface area contributed by atoms with Crippen molar-refractivity contribution in [3.8, 4) is 0 Å². The number of fused-ring (bicyclic) bond motifs is 3. The van der Waals surface area contributed by atoms with E-state index in [1.807, 2.05) is 0 Å². The van der Waals surface area contributed by atoms with E-state index in [0.717, 1.165) is 29.9 Å². The maximum atomic E-state index is 3.65. The summed E-state index contributed by atoms with van der Waals surface area (Å²) in [6.07, 6.45) is 7.92. The SMILES string of the molecule is CCCc1ccc2c(c1)C1CC(c3ccc(N(c4ccccc4)c4ccccc4)cc3)=CC=C1N2. The van der Waals surface area contributed by atoms with Gasteiger partial charge in [-0.3, -0.25) is 0 Å². The first kappa shape index (κ1) is 21.5. The Bertz CT molecular complexity index is 1340. The smallest absolute Gasteiger partial charge is 0.0462 e. The zero-order chi connectivity index (χ0) is 23.6. The van der Waals surface area contributed by atoms with Crippen LogP contribution in [0.25, 0.3) is 5.57 Å². The van der Waals surface area contributed by atoms with E-state index in [-0.39, 0.29) is 0 Å². The van der Waals surface area contributed by atoms with Crippen LogP contribution in [0.4, 0.5) is 22.7 Å². The maximum absolute atomic E-state index is 3.65. The third-order valence-corrected chi connectivity index (χ3v) is 7.10. The summed E-state index contributed by atoms with van der Waals surface area (Å²) in [5, 5.41) is 3.65. The molecule has 0 amide bonds. The van der Waals surface area contributed by atoms with Crippen molar-refractivity contribution >= 4 is 28.3 Å². The van der Waals surface area contributed by atoms with Gasteiger partial charge in [-0.25, -0.2) is 0 Å². The highest BCUT2D eigenvalue weighted by molar-refractivity contribution is 5.80. The Labute approximate surface area is 208 Å². The van der Waals surface area contributed by atoms with Crippen LogP contribution in [0, 0.1) is 0 Å². The molecule has 1 atom stereocenters. The normalized spacial score (nSPS) is 16.0. The van der Waals surface area contributed by atoms with E-state index in [2.05, 4.69) is 132 Å². The molecule has 6 rings (SSSR count). The van der Waals surface area contributed by atoms with Gasteiger partial charge in [-0.05, 0) is 83.6 Å². The molecule has 2 aliphatic rings. The lowest BCUT2D eigenvalue weighted by Crippen LogP contribution is -2.10.